The van der Waals surface area contributed by atoms with Crippen molar-refractivity contribution < 1.29 is 18.5 Å². The molecule has 4 heterocycles. The SMILES string of the molecule is Cc1ncsc1-c1ccc(C(C)NC(=O)C2CCCN2C(=O)C(c2cc(-c3ccc(-c4cc(-c5ccccc5F)nnc4N)cc3)no2)C(C)C)cc1. The number of amides is 2. The number of hydrogen-bond acceptors (Lipinski definition) is 9. The number of carbonyl (C=O) groups is 2. The highest BCUT2D eigenvalue weighted by molar-refractivity contribution is 7.13. The maximum Gasteiger partial charge on any atom is 0.243 e. The number of halogens is 1. The first kappa shape index (κ1) is 35.6. The lowest BCUT2D eigenvalue weighted by Gasteiger charge is -2.29. The zero-order chi connectivity index (χ0) is 37.2. The molecule has 3 aromatic carbocycles. The fourth-order valence-corrected chi connectivity index (χ4v) is 7.75. The lowest BCUT2D eigenvalue weighted by molar-refractivity contribution is -0.141. The zero-order valence-electron chi connectivity index (χ0n) is 29.9. The van der Waals surface area contributed by atoms with E-state index in [9.17, 15) is 14.0 Å². The summed E-state index contributed by atoms with van der Waals surface area (Å²) in [5.74, 6) is -0.788. The molecule has 3 atom stereocenters. The lowest BCUT2D eigenvalue weighted by atomic mass is 9.91. The second-order valence-corrected chi connectivity index (χ2v) is 14.6. The smallest absolute Gasteiger partial charge is 0.243 e. The maximum absolute atomic E-state index is 14.5. The molecule has 6 aromatic rings. The Bertz CT molecular complexity index is 2250. The number of likely N-dealkylation sites (tertiary alicyclic amines) is 1. The predicted octanol–water partition coefficient (Wildman–Crippen LogP) is 8.23. The van der Waals surface area contributed by atoms with Gasteiger partial charge in [-0.05, 0) is 67.5 Å². The number of aromatic nitrogens is 4. The van der Waals surface area contributed by atoms with Crippen molar-refractivity contribution in [3.8, 4) is 44.1 Å². The van der Waals surface area contributed by atoms with Crippen molar-refractivity contribution in [2.45, 2.75) is 58.5 Å². The van der Waals surface area contributed by atoms with Gasteiger partial charge in [-0.1, -0.05) is 79.7 Å². The third kappa shape index (κ3) is 7.32. The van der Waals surface area contributed by atoms with Crippen LogP contribution < -0.4 is 11.1 Å². The molecule has 7 rings (SSSR count). The van der Waals surface area contributed by atoms with E-state index in [4.69, 9.17) is 10.3 Å². The Labute approximate surface area is 311 Å². The Morgan fingerprint density at radius 2 is 1.64 bits per heavy atom. The number of anilines is 1. The molecule has 3 aromatic heterocycles. The minimum absolute atomic E-state index is 0.111. The van der Waals surface area contributed by atoms with Crippen LogP contribution in [-0.2, 0) is 9.59 Å². The summed E-state index contributed by atoms with van der Waals surface area (Å²) in [5, 5.41) is 15.6. The van der Waals surface area contributed by atoms with E-state index in [1.807, 2.05) is 69.6 Å². The summed E-state index contributed by atoms with van der Waals surface area (Å²) in [6.07, 6.45) is 1.32. The number of hydrogen-bond donors (Lipinski definition) is 2. The first-order valence-corrected chi connectivity index (χ1v) is 18.5. The topological polar surface area (TPSA) is 140 Å². The van der Waals surface area contributed by atoms with Gasteiger partial charge in [0.05, 0.1) is 27.8 Å². The van der Waals surface area contributed by atoms with Crippen LogP contribution in [0.15, 0.2) is 95.0 Å². The van der Waals surface area contributed by atoms with E-state index in [0.717, 1.165) is 39.2 Å². The molecule has 0 saturated carbocycles. The number of aryl methyl sites for hydroxylation is 1. The quantitative estimate of drug-likeness (QED) is 0.144. The monoisotopic (exact) mass is 729 g/mol. The third-order valence-electron chi connectivity index (χ3n) is 9.85. The Hall–Kier alpha value is -5.75. The average Bonchev–Trinajstić information content (AvgIpc) is 3.94. The van der Waals surface area contributed by atoms with Crippen molar-refractivity contribution in [2.75, 3.05) is 12.3 Å². The largest absolute Gasteiger partial charge is 0.382 e. The predicted molar refractivity (Wildman–Crippen MR) is 204 cm³/mol. The average molecular weight is 730 g/mol. The Morgan fingerprint density at radius 1 is 0.925 bits per heavy atom. The van der Waals surface area contributed by atoms with Gasteiger partial charge in [-0.25, -0.2) is 9.37 Å². The number of thiazole rings is 1. The van der Waals surface area contributed by atoms with E-state index in [1.54, 1.807) is 46.6 Å². The lowest BCUT2D eigenvalue weighted by Crippen LogP contribution is -2.48. The van der Waals surface area contributed by atoms with Crippen LogP contribution in [0, 0.1) is 18.7 Å². The molecule has 3 N–H and O–H groups in total. The molecule has 0 radical (unpaired) electrons. The Morgan fingerprint density at radius 3 is 2.34 bits per heavy atom. The van der Waals surface area contributed by atoms with E-state index < -0.39 is 17.8 Å². The molecule has 1 saturated heterocycles. The van der Waals surface area contributed by atoms with E-state index in [-0.39, 0.29) is 29.6 Å². The molecule has 2 amide bonds. The maximum atomic E-state index is 14.5. The summed E-state index contributed by atoms with van der Waals surface area (Å²) in [6, 6.07) is 24.7. The van der Waals surface area contributed by atoms with Crippen LogP contribution >= 0.6 is 11.3 Å². The summed E-state index contributed by atoms with van der Waals surface area (Å²) < 4.78 is 20.3. The first-order valence-electron chi connectivity index (χ1n) is 17.7. The molecule has 0 aliphatic carbocycles. The summed E-state index contributed by atoms with van der Waals surface area (Å²) in [4.78, 5) is 35.0. The van der Waals surface area contributed by atoms with Gasteiger partial charge >= 0.3 is 0 Å². The normalized spacial score (nSPS) is 15.4. The molecule has 1 fully saturated rings. The van der Waals surface area contributed by atoms with E-state index >= 15 is 0 Å². The van der Waals surface area contributed by atoms with Gasteiger partial charge in [0.25, 0.3) is 0 Å². The summed E-state index contributed by atoms with van der Waals surface area (Å²) in [7, 11) is 0. The summed E-state index contributed by atoms with van der Waals surface area (Å²) >= 11 is 1.60. The van der Waals surface area contributed by atoms with Gasteiger partial charge in [-0.3, -0.25) is 9.59 Å². The molecule has 1 aliphatic heterocycles. The number of benzene rings is 3. The molecular formula is C41H40FN7O3S. The molecule has 1 aliphatic rings. The van der Waals surface area contributed by atoms with Gasteiger partial charge in [0, 0.05) is 29.3 Å². The molecule has 53 heavy (non-hydrogen) atoms. The van der Waals surface area contributed by atoms with E-state index in [0.29, 0.717) is 41.2 Å². The molecule has 0 spiro atoms. The number of nitrogens with one attached hydrogen (secondary N) is 1. The molecule has 12 heteroatoms. The van der Waals surface area contributed by atoms with Crippen LogP contribution in [-0.4, -0.2) is 49.6 Å². The number of carbonyl (C=O) groups excluding carboxylic acids is 2. The molecular weight excluding hydrogens is 690 g/mol. The highest BCUT2D eigenvalue weighted by Gasteiger charge is 2.40. The number of nitrogen functional groups attached to an aromatic ring is 1. The van der Waals surface area contributed by atoms with Gasteiger partial charge in [-0.15, -0.1) is 21.5 Å². The molecule has 0 bridgehead atoms. The first-order chi connectivity index (χ1) is 25.6. The van der Waals surface area contributed by atoms with E-state index in [2.05, 4.69) is 37.8 Å². The van der Waals surface area contributed by atoms with Crippen molar-refractivity contribution in [1.82, 2.24) is 30.6 Å². The highest BCUT2D eigenvalue weighted by Crippen LogP contribution is 2.35. The summed E-state index contributed by atoms with van der Waals surface area (Å²) in [6.45, 7) is 8.37. The summed E-state index contributed by atoms with van der Waals surface area (Å²) in [5.41, 5.74) is 14.5. The van der Waals surface area contributed by atoms with Crippen LogP contribution in [0.4, 0.5) is 10.2 Å². The van der Waals surface area contributed by atoms with Crippen LogP contribution in [0.25, 0.3) is 44.1 Å². The van der Waals surface area contributed by atoms with Crippen LogP contribution in [0.2, 0.25) is 0 Å². The number of rotatable bonds is 10. The highest BCUT2D eigenvalue weighted by atomic mass is 32.1. The van der Waals surface area contributed by atoms with Gasteiger partial charge in [-0.2, -0.15) is 0 Å². The second kappa shape index (κ2) is 15.1. The zero-order valence-corrected chi connectivity index (χ0v) is 30.7. The van der Waals surface area contributed by atoms with Gasteiger partial charge < -0.3 is 20.5 Å². The van der Waals surface area contributed by atoms with Crippen LogP contribution in [0.1, 0.15) is 62.6 Å². The van der Waals surface area contributed by atoms with Crippen molar-refractivity contribution in [3.05, 3.63) is 113 Å². The fourth-order valence-electron chi connectivity index (χ4n) is 6.94. The Balaban J connectivity index is 1.04. The van der Waals surface area contributed by atoms with Gasteiger partial charge in [0.2, 0.25) is 11.8 Å². The van der Waals surface area contributed by atoms with Crippen molar-refractivity contribution in [3.63, 3.8) is 0 Å². The Kier molecular flexibility index (Phi) is 10.1. The number of nitrogens with two attached hydrogens (primary N) is 1. The fraction of sp³-hybridized carbons (Fsp3) is 0.268. The van der Waals surface area contributed by atoms with Crippen molar-refractivity contribution >= 4 is 29.0 Å². The van der Waals surface area contributed by atoms with E-state index in [1.165, 1.54) is 6.07 Å². The molecule has 3 unspecified atom stereocenters. The van der Waals surface area contributed by atoms with Crippen LogP contribution in [0.3, 0.4) is 0 Å². The van der Waals surface area contributed by atoms with Gasteiger partial charge in [0.1, 0.15) is 29.2 Å². The standard InChI is InChI=1S/C41H40FN7O3S/c1-23(2)37(41(51)49-19-7-10-35(49)40(50)45-24(3)26-11-17-29(18-12-26)38-25(4)44-22-53-38)36-21-33(48-52-36)28-15-13-27(14-16-28)31-20-34(46-47-39(31)43)30-8-5-6-9-32(30)42/h5-6,8-9,11-18,20-24,35,37H,7,10,19H2,1-4H3,(H2,43,47)(H,45,50). The minimum Gasteiger partial charge on any atom is -0.382 e. The number of nitrogens with zero attached hydrogens (tertiary/aromatic N) is 5. The van der Waals surface area contributed by atoms with Crippen molar-refractivity contribution in [1.29, 1.82) is 0 Å². The van der Waals surface area contributed by atoms with Crippen molar-refractivity contribution in [2.24, 2.45) is 5.92 Å². The molecule has 10 nitrogen and oxygen atoms in total. The molecule has 270 valence electrons. The second-order valence-electron chi connectivity index (χ2n) is 13.7. The van der Waals surface area contributed by atoms with Crippen LogP contribution in [0.5, 0.6) is 0 Å². The third-order valence-corrected chi connectivity index (χ3v) is 10.8. The van der Waals surface area contributed by atoms with Gasteiger partial charge in [0.15, 0.2) is 5.82 Å². The minimum atomic E-state index is -0.622.